The number of pyridine rings is 1. The third-order valence-electron chi connectivity index (χ3n) is 5.97. The van der Waals surface area contributed by atoms with E-state index in [9.17, 15) is 9.59 Å². The summed E-state index contributed by atoms with van der Waals surface area (Å²) < 4.78 is 12.4. The fraction of sp³-hybridized carbons (Fsp3) is 0.423. The fourth-order valence-corrected chi connectivity index (χ4v) is 4.34. The van der Waals surface area contributed by atoms with E-state index in [0.29, 0.717) is 48.6 Å². The Bertz CT molecular complexity index is 1150. The molecular weight excluding hydrogens is 432 g/mol. The number of ether oxygens (including phenoxy) is 2. The quantitative estimate of drug-likeness (QED) is 0.460. The number of carbonyl (C=O) groups excluding carboxylic acids is 2. The van der Waals surface area contributed by atoms with E-state index in [1.807, 2.05) is 42.7 Å². The molecule has 1 fully saturated rings. The van der Waals surface area contributed by atoms with E-state index >= 15 is 0 Å². The van der Waals surface area contributed by atoms with Gasteiger partial charge in [0.2, 0.25) is 5.91 Å². The van der Waals surface area contributed by atoms with Gasteiger partial charge in [0, 0.05) is 24.6 Å². The maximum Gasteiger partial charge on any atom is 0.356 e. The summed E-state index contributed by atoms with van der Waals surface area (Å²) in [7, 11) is 1.35. The first-order chi connectivity index (χ1) is 16.5. The summed E-state index contributed by atoms with van der Waals surface area (Å²) in [5.41, 5.74) is 3.44. The topological polar surface area (TPSA) is 94.5 Å². The lowest BCUT2D eigenvalue weighted by Gasteiger charge is -2.12. The molecule has 2 N–H and O–H groups in total. The van der Waals surface area contributed by atoms with E-state index in [1.165, 1.54) is 12.7 Å². The number of carbonyl (C=O) groups is 2. The van der Waals surface area contributed by atoms with Gasteiger partial charge in [-0.05, 0) is 44.7 Å². The number of fused-ring (bicyclic) bond motifs is 1. The Morgan fingerprint density at radius 3 is 2.74 bits per heavy atom. The Labute approximate surface area is 199 Å². The summed E-state index contributed by atoms with van der Waals surface area (Å²) in [6.07, 6.45) is 4.07. The highest BCUT2D eigenvalue weighted by Crippen LogP contribution is 2.34. The smallest absolute Gasteiger partial charge is 0.356 e. The van der Waals surface area contributed by atoms with E-state index in [1.54, 1.807) is 6.20 Å². The number of aromatic nitrogens is 2. The molecule has 1 amide bonds. The highest BCUT2D eigenvalue weighted by Gasteiger charge is 2.29. The zero-order valence-electron chi connectivity index (χ0n) is 20.0. The van der Waals surface area contributed by atoms with E-state index in [4.69, 9.17) is 9.47 Å². The number of methoxy groups -OCH3 is 1. The molecule has 1 aliphatic rings. The average molecular weight is 465 g/mol. The molecule has 8 nitrogen and oxygen atoms in total. The Morgan fingerprint density at radius 2 is 2.06 bits per heavy atom. The van der Waals surface area contributed by atoms with Gasteiger partial charge in [0.25, 0.3) is 0 Å². The Morgan fingerprint density at radius 1 is 1.26 bits per heavy atom. The summed E-state index contributed by atoms with van der Waals surface area (Å²) in [5.74, 6) is -0.908. The molecule has 0 spiro atoms. The highest BCUT2D eigenvalue weighted by molar-refractivity contribution is 6.11. The molecule has 1 atom stereocenters. The molecule has 34 heavy (non-hydrogen) atoms. The van der Waals surface area contributed by atoms with Crippen LogP contribution in [-0.4, -0.2) is 47.8 Å². The van der Waals surface area contributed by atoms with Crippen LogP contribution in [0.3, 0.4) is 0 Å². The predicted molar refractivity (Wildman–Crippen MR) is 132 cm³/mol. The minimum atomic E-state index is -0.506. The van der Waals surface area contributed by atoms with E-state index in [2.05, 4.69) is 27.8 Å². The Kier molecular flexibility index (Phi) is 7.47. The van der Waals surface area contributed by atoms with Crippen molar-refractivity contribution in [1.82, 2.24) is 9.55 Å². The van der Waals surface area contributed by atoms with Gasteiger partial charge in [-0.1, -0.05) is 30.3 Å². The second-order valence-corrected chi connectivity index (χ2v) is 8.90. The van der Waals surface area contributed by atoms with Crippen LogP contribution in [-0.2, 0) is 27.2 Å². The lowest BCUT2D eigenvalue weighted by atomic mass is 10.1. The molecule has 1 unspecified atom stereocenters. The lowest BCUT2D eigenvalue weighted by Crippen LogP contribution is -2.24. The van der Waals surface area contributed by atoms with Crippen LogP contribution >= 0.6 is 0 Å². The van der Waals surface area contributed by atoms with Gasteiger partial charge in [-0.2, -0.15) is 0 Å². The van der Waals surface area contributed by atoms with Crippen LogP contribution in [0.5, 0.6) is 0 Å². The largest absolute Gasteiger partial charge is 0.464 e. The van der Waals surface area contributed by atoms with Crippen molar-refractivity contribution in [2.24, 2.45) is 5.92 Å². The molecule has 0 radical (unpaired) electrons. The van der Waals surface area contributed by atoms with Gasteiger partial charge in [0.15, 0.2) is 5.69 Å². The highest BCUT2D eigenvalue weighted by atomic mass is 16.5. The van der Waals surface area contributed by atoms with E-state index in [0.717, 1.165) is 18.5 Å². The molecule has 1 aliphatic heterocycles. The first-order valence-electron chi connectivity index (χ1n) is 11.8. The molecule has 3 aromatic rings. The standard InChI is InChI=1S/C26H32N4O4/c1-17(2)28-20-14-21-22(29-25(31)19-11-13-34-16-19)23(26(32)33-3)30(24(21)27-15-20)12-7-10-18-8-5-4-6-9-18/h4-6,8-9,14-15,17,19,28H,7,10-13,16H2,1-3H3,(H,29,31). The van der Waals surface area contributed by atoms with Crippen molar-refractivity contribution in [2.45, 2.75) is 45.7 Å². The maximum atomic E-state index is 13.0. The van der Waals surface area contributed by atoms with Crippen molar-refractivity contribution in [3.8, 4) is 0 Å². The van der Waals surface area contributed by atoms with Crippen molar-refractivity contribution in [2.75, 3.05) is 31.0 Å². The first-order valence-corrected chi connectivity index (χ1v) is 11.8. The van der Waals surface area contributed by atoms with Crippen molar-refractivity contribution < 1.29 is 19.1 Å². The van der Waals surface area contributed by atoms with Crippen LogP contribution in [0.1, 0.15) is 42.7 Å². The van der Waals surface area contributed by atoms with E-state index < -0.39 is 5.97 Å². The maximum absolute atomic E-state index is 13.0. The van der Waals surface area contributed by atoms with Crippen LogP contribution < -0.4 is 10.6 Å². The average Bonchev–Trinajstić information content (AvgIpc) is 3.46. The van der Waals surface area contributed by atoms with Crippen LogP contribution in [0, 0.1) is 5.92 Å². The molecular formula is C26H32N4O4. The van der Waals surface area contributed by atoms with Gasteiger partial charge in [0.05, 0.1) is 37.2 Å². The molecule has 1 saturated heterocycles. The van der Waals surface area contributed by atoms with Crippen molar-refractivity contribution >= 4 is 34.3 Å². The minimum absolute atomic E-state index is 0.159. The van der Waals surface area contributed by atoms with Gasteiger partial charge in [0.1, 0.15) is 5.65 Å². The summed E-state index contributed by atoms with van der Waals surface area (Å²) >= 11 is 0. The number of anilines is 2. The Balaban J connectivity index is 1.74. The zero-order valence-corrected chi connectivity index (χ0v) is 20.0. The number of aryl methyl sites for hydroxylation is 2. The number of hydrogen-bond donors (Lipinski definition) is 2. The molecule has 3 heterocycles. The number of nitrogens with one attached hydrogen (secondary N) is 2. The Hall–Kier alpha value is -3.39. The summed E-state index contributed by atoms with van der Waals surface area (Å²) in [5, 5.41) is 7.07. The van der Waals surface area contributed by atoms with Gasteiger partial charge in [-0.15, -0.1) is 0 Å². The second-order valence-electron chi connectivity index (χ2n) is 8.90. The lowest BCUT2D eigenvalue weighted by molar-refractivity contribution is -0.119. The van der Waals surface area contributed by atoms with Gasteiger partial charge >= 0.3 is 5.97 Å². The summed E-state index contributed by atoms with van der Waals surface area (Å²) in [6.45, 7) is 5.59. The number of nitrogens with zero attached hydrogens (tertiary/aromatic N) is 2. The fourth-order valence-electron chi connectivity index (χ4n) is 4.34. The molecule has 1 aromatic carbocycles. The van der Waals surface area contributed by atoms with Crippen LogP contribution in [0.2, 0.25) is 0 Å². The molecule has 2 aromatic heterocycles. The zero-order chi connectivity index (χ0) is 24.1. The predicted octanol–water partition coefficient (Wildman–Crippen LogP) is 4.25. The molecule has 0 saturated carbocycles. The van der Waals surface area contributed by atoms with Crippen molar-refractivity contribution in [1.29, 1.82) is 0 Å². The number of benzene rings is 1. The minimum Gasteiger partial charge on any atom is -0.464 e. The summed E-state index contributed by atoms with van der Waals surface area (Å²) in [4.78, 5) is 30.6. The van der Waals surface area contributed by atoms with Gasteiger partial charge in [-0.25, -0.2) is 9.78 Å². The van der Waals surface area contributed by atoms with Crippen LogP contribution in [0.4, 0.5) is 11.4 Å². The molecule has 0 bridgehead atoms. The normalized spacial score (nSPS) is 15.6. The monoisotopic (exact) mass is 464 g/mol. The van der Waals surface area contributed by atoms with E-state index in [-0.39, 0.29) is 17.9 Å². The van der Waals surface area contributed by atoms with Gasteiger partial charge < -0.3 is 24.7 Å². The summed E-state index contributed by atoms with van der Waals surface area (Å²) in [6, 6.07) is 12.4. The third-order valence-corrected chi connectivity index (χ3v) is 5.97. The SMILES string of the molecule is COC(=O)c1c(NC(=O)C2CCOC2)c2cc(NC(C)C)cnc2n1CCCc1ccccc1. The molecule has 4 rings (SSSR count). The van der Waals surface area contributed by atoms with Crippen molar-refractivity contribution in [3.05, 3.63) is 53.9 Å². The molecule has 180 valence electrons. The van der Waals surface area contributed by atoms with Crippen LogP contribution in [0.15, 0.2) is 42.6 Å². The number of esters is 1. The number of amides is 1. The van der Waals surface area contributed by atoms with Crippen LogP contribution in [0.25, 0.3) is 11.0 Å². The second kappa shape index (κ2) is 10.7. The number of rotatable bonds is 9. The van der Waals surface area contributed by atoms with Crippen molar-refractivity contribution in [3.63, 3.8) is 0 Å². The third kappa shape index (κ3) is 5.22. The van der Waals surface area contributed by atoms with Gasteiger partial charge in [-0.3, -0.25) is 4.79 Å². The molecule has 0 aliphatic carbocycles. The number of hydrogen-bond acceptors (Lipinski definition) is 6. The molecule has 8 heteroatoms. The first kappa shape index (κ1) is 23.8.